The number of carbonyl (C=O) groups is 1. The van der Waals surface area contributed by atoms with Crippen LogP contribution in [-0.4, -0.2) is 18.5 Å². The molecule has 1 aromatic carbocycles. The number of hydrogen-bond acceptors (Lipinski definition) is 2. The quantitative estimate of drug-likeness (QED) is 0.883. The van der Waals surface area contributed by atoms with E-state index in [1.165, 1.54) is 0 Å². The number of benzene rings is 1. The van der Waals surface area contributed by atoms with Gasteiger partial charge in [-0.1, -0.05) is 24.1 Å². The van der Waals surface area contributed by atoms with E-state index in [1.807, 2.05) is 13.0 Å². The van der Waals surface area contributed by atoms with Crippen molar-refractivity contribution in [1.29, 1.82) is 0 Å². The van der Waals surface area contributed by atoms with Crippen molar-refractivity contribution in [3.05, 3.63) is 34.3 Å². The second-order valence-corrected chi connectivity index (χ2v) is 5.40. The van der Waals surface area contributed by atoms with E-state index >= 15 is 0 Å². The van der Waals surface area contributed by atoms with Gasteiger partial charge in [0.05, 0.1) is 0 Å². The van der Waals surface area contributed by atoms with Crippen LogP contribution in [0.15, 0.2) is 18.2 Å². The van der Waals surface area contributed by atoms with Crippen molar-refractivity contribution in [2.75, 3.05) is 6.54 Å². The van der Waals surface area contributed by atoms with Gasteiger partial charge in [0.2, 0.25) is 0 Å². The van der Waals surface area contributed by atoms with Gasteiger partial charge in [-0.2, -0.15) is 0 Å². The Hall–Kier alpha value is -1.06. The lowest BCUT2D eigenvalue weighted by atomic mass is 10.0. The molecular formula is C14H19ClN2O. The number of hydrogen-bond donors (Lipinski definition) is 2. The fraction of sp³-hybridized carbons (Fsp3) is 0.500. The Morgan fingerprint density at radius 3 is 3.00 bits per heavy atom. The van der Waals surface area contributed by atoms with Gasteiger partial charge in [0.1, 0.15) is 0 Å². The SMILES string of the molecule is Cc1ccc(Cl)cc1C(=O)NC1CCCC1CN. The summed E-state index contributed by atoms with van der Waals surface area (Å²) in [5.41, 5.74) is 7.32. The van der Waals surface area contributed by atoms with Crippen LogP contribution in [0.4, 0.5) is 0 Å². The number of nitrogens with one attached hydrogen (secondary N) is 1. The maximum Gasteiger partial charge on any atom is 0.251 e. The highest BCUT2D eigenvalue weighted by Gasteiger charge is 2.27. The normalized spacial score (nSPS) is 23.1. The van der Waals surface area contributed by atoms with Crippen LogP contribution in [0.1, 0.15) is 35.2 Å². The molecule has 3 nitrogen and oxygen atoms in total. The van der Waals surface area contributed by atoms with Gasteiger partial charge in [-0.15, -0.1) is 0 Å². The maximum absolute atomic E-state index is 12.2. The Morgan fingerprint density at radius 1 is 1.50 bits per heavy atom. The molecule has 0 radical (unpaired) electrons. The first kappa shape index (κ1) is 13.4. The van der Waals surface area contributed by atoms with E-state index in [1.54, 1.807) is 12.1 Å². The van der Waals surface area contributed by atoms with Crippen LogP contribution in [-0.2, 0) is 0 Å². The van der Waals surface area contributed by atoms with E-state index in [2.05, 4.69) is 5.32 Å². The Labute approximate surface area is 113 Å². The van der Waals surface area contributed by atoms with Crippen LogP contribution in [0.25, 0.3) is 0 Å². The number of halogens is 1. The summed E-state index contributed by atoms with van der Waals surface area (Å²) in [5, 5.41) is 3.68. The van der Waals surface area contributed by atoms with Crippen LogP contribution in [0, 0.1) is 12.8 Å². The minimum Gasteiger partial charge on any atom is -0.349 e. The third-order valence-electron chi connectivity index (χ3n) is 3.72. The predicted molar refractivity (Wildman–Crippen MR) is 73.8 cm³/mol. The highest BCUT2D eigenvalue weighted by Crippen LogP contribution is 2.25. The molecule has 0 aliphatic heterocycles. The molecule has 1 aromatic rings. The number of amides is 1. The number of carbonyl (C=O) groups excluding carboxylic acids is 1. The molecule has 0 saturated heterocycles. The van der Waals surface area contributed by atoms with Crippen molar-refractivity contribution in [3.63, 3.8) is 0 Å². The van der Waals surface area contributed by atoms with Crippen molar-refractivity contribution < 1.29 is 4.79 Å². The summed E-state index contributed by atoms with van der Waals surface area (Å²) in [4.78, 5) is 12.2. The largest absolute Gasteiger partial charge is 0.349 e. The van der Waals surface area contributed by atoms with Crippen LogP contribution in [0.2, 0.25) is 5.02 Å². The minimum absolute atomic E-state index is 0.0413. The third kappa shape index (κ3) is 2.85. The molecule has 1 saturated carbocycles. The number of nitrogens with two attached hydrogens (primary N) is 1. The van der Waals surface area contributed by atoms with Gasteiger partial charge in [-0.05, 0) is 49.9 Å². The number of aryl methyl sites for hydroxylation is 1. The first-order chi connectivity index (χ1) is 8.61. The van der Waals surface area contributed by atoms with E-state index < -0.39 is 0 Å². The Kier molecular flexibility index (Phi) is 4.25. The fourth-order valence-corrected chi connectivity index (χ4v) is 2.77. The standard InChI is InChI=1S/C14H19ClN2O/c1-9-5-6-11(15)7-12(9)14(18)17-13-4-2-3-10(13)8-16/h5-7,10,13H,2-4,8,16H2,1H3,(H,17,18). The van der Waals surface area contributed by atoms with Crippen molar-refractivity contribution in [3.8, 4) is 0 Å². The van der Waals surface area contributed by atoms with Crippen molar-refractivity contribution in [1.82, 2.24) is 5.32 Å². The Morgan fingerprint density at radius 2 is 2.28 bits per heavy atom. The molecule has 2 atom stereocenters. The summed E-state index contributed by atoms with van der Waals surface area (Å²) in [6, 6.07) is 5.59. The molecule has 0 heterocycles. The Bertz CT molecular complexity index is 447. The fourth-order valence-electron chi connectivity index (χ4n) is 2.59. The molecule has 0 bridgehead atoms. The van der Waals surface area contributed by atoms with Crippen LogP contribution < -0.4 is 11.1 Å². The average Bonchev–Trinajstić information content (AvgIpc) is 2.79. The van der Waals surface area contributed by atoms with Gasteiger partial charge in [-0.25, -0.2) is 0 Å². The molecule has 2 rings (SSSR count). The molecule has 4 heteroatoms. The molecule has 1 amide bonds. The van der Waals surface area contributed by atoms with E-state index in [4.69, 9.17) is 17.3 Å². The van der Waals surface area contributed by atoms with Crippen LogP contribution in [0.3, 0.4) is 0 Å². The lowest BCUT2D eigenvalue weighted by Gasteiger charge is -2.20. The monoisotopic (exact) mass is 266 g/mol. The first-order valence-corrected chi connectivity index (χ1v) is 6.76. The predicted octanol–water partition coefficient (Wildman–Crippen LogP) is 2.51. The van der Waals surface area contributed by atoms with Gasteiger partial charge < -0.3 is 11.1 Å². The third-order valence-corrected chi connectivity index (χ3v) is 3.96. The smallest absolute Gasteiger partial charge is 0.251 e. The lowest BCUT2D eigenvalue weighted by Crippen LogP contribution is -2.40. The molecule has 1 aliphatic carbocycles. The first-order valence-electron chi connectivity index (χ1n) is 6.39. The summed E-state index contributed by atoms with van der Waals surface area (Å²) < 4.78 is 0. The lowest BCUT2D eigenvalue weighted by molar-refractivity contribution is 0.0928. The second kappa shape index (κ2) is 5.72. The molecule has 0 spiro atoms. The van der Waals surface area contributed by atoms with Gasteiger partial charge in [0.15, 0.2) is 0 Å². The van der Waals surface area contributed by atoms with Gasteiger partial charge in [0.25, 0.3) is 5.91 Å². The van der Waals surface area contributed by atoms with Gasteiger partial charge in [0, 0.05) is 16.6 Å². The molecule has 1 fully saturated rings. The number of rotatable bonds is 3. The average molecular weight is 267 g/mol. The zero-order valence-corrected chi connectivity index (χ0v) is 11.3. The second-order valence-electron chi connectivity index (χ2n) is 4.97. The molecule has 1 aliphatic rings. The van der Waals surface area contributed by atoms with E-state index in [0.717, 1.165) is 24.8 Å². The molecule has 3 N–H and O–H groups in total. The highest BCUT2D eigenvalue weighted by molar-refractivity contribution is 6.31. The molecule has 2 unspecified atom stereocenters. The van der Waals surface area contributed by atoms with E-state index in [9.17, 15) is 4.79 Å². The summed E-state index contributed by atoms with van der Waals surface area (Å²) in [6.07, 6.45) is 3.27. The van der Waals surface area contributed by atoms with Crippen molar-refractivity contribution in [2.45, 2.75) is 32.2 Å². The summed E-state index contributed by atoms with van der Waals surface area (Å²) >= 11 is 5.93. The van der Waals surface area contributed by atoms with Crippen molar-refractivity contribution >= 4 is 17.5 Å². The maximum atomic E-state index is 12.2. The molecular weight excluding hydrogens is 248 g/mol. The zero-order chi connectivity index (χ0) is 13.1. The van der Waals surface area contributed by atoms with E-state index in [-0.39, 0.29) is 11.9 Å². The topological polar surface area (TPSA) is 55.1 Å². The summed E-state index contributed by atoms with van der Waals surface area (Å²) in [5.74, 6) is 0.369. The zero-order valence-electron chi connectivity index (χ0n) is 10.6. The summed E-state index contributed by atoms with van der Waals surface area (Å²) in [6.45, 7) is 2.56. The van der Waals surface area contributed by atoms with Gasteiger partial charge in [-0.3, -0.25) is 4.79 Å². The van der Waals surface area contributed by atoms with Crippen LogP contribution >= 0.6 is 11.6 Å². The highest BCUT2D eigenvalue weighted by atomic mass is 35.5. The molecule has 0 aromatic heterocycles. The molecule has 98 valence electrons. The van der Waals surface area contributed by atoms with E-state index in [0.29, 0.717) is 23.0 Å². The van der Waals surface area contributed by atoms with Gasteiger partial charge >= 0.3 is 0 Å². The molecule has 18 heavy (non-hydrogen) atoms. The minimum atomic E-state index is -0.0413. The van der Waals surface area contributed by atoms with Crippen molar-refractivity contribution in [2.24, 2.45) is 11.7 Å². The Balaban J connectivity index is 2.09. The van der Waals surface area contributed by atoms with Crippen LogP contribution in [0.5, 0.6) is 0 Å². The summed E-state index contributed by atoms with van der Waals surface area (Å²) in [7, 11) is 0.